The van der Waals surface area contributed by atoms with E-state index in [-0.39, 0.29) is 36.8 Å². The van der Waals surface area contributed by atoms with Crippen LogP contribution in [0.15, 0.2) is 101 Å². The maximum absolute atomic E-state index is 13.7. The highest BCUT2D eigenvalue weighted by atomic mass is 31.2. The Labute approximate surface area is 356 Å². The van der Waals surface area contributed by atoms with Gasteiger partial charge in [-0.3, -0.25) is 14.3 Å². The van der Waals surface area contributed by atoms with E-state index >= 15 is 0 Å². The molecule has 60 heavy (non-hydrogen) atoms. The third kappa shape index (κ3) is 10.5. The van der Waals surface area contributed by atoms with Crippen LogP contribution in [0.25, 0.3) is 0 Å². The average Bonchev–Trinajstić information content (AvgIpc) is 3.53. The van der Waals surface area contributed by atoms with Crippen LogP contribution in [-0.4, -0.2) is 80.4 Å². The number of aromatic amines is 1. The molecule has 324 valence electrons. The number of nitrogens with zero attached hydrogens (tertiary/aromatic N) is 3. The van der Waals surface area contributed by atoms with Gasteiger partial charge in [0.25, 0.3) is 14.1 Å². The Hall–Kier alpha value is -4.16. The van der Waals surface area contributed by atoms with Gasteiger partial charge in [0.2, 0.25) is 0 Å². The SMILES string of the molecule is COc1ccc(C(OC[C@H]2O[C@@H](n3ccc(=O)[nH]c3=O)[C@H](OP(OCCC#N)N(C(C)C)C(C)C)[C@@H]2O[Si](C)(C)C(C)(C)C)(c2ccccc2)c2ccc(OC)cc2)cc1. The molecule has 0 aliphatic carbocycles. The first-order valence-electron chi connectivity index (χ1n) is 20.4. The first kappa shape index (κ1) is 46.9. The van der Waals surface area contributed by atoms with E-state index < -0.39 is 58.2 Å². The molecule has 3 aromatic carbocycles. The number of hydrogen-bond acceptors (Lipinski definition) is 11. The van der Waals surface area contributed by atoms with Crippen molar-refractivity contribution in [3.05, 3.63) is 129 Å². The summed E-state index contributed by atoms with van der Waals surface area (Å²) in [6, 6.07) is 29.0. The van der Waals surface area contributed by atoms with Crippen LogP contribution >= 0.6 is 8.53 Å². The van der Waals surface area contributed by atoms with E-state index in [9.17, 15) is 14.9 Å². The van der Waals surface area contributed by atoms with Gasteiger partial charge in [0.1, 0.15) is 35.4 Å². The van der Waals surface area contributed by atoms with Gasteiger partial charge in [-0.05, 0) is 86.8 Å². The van der Waals surface area contributed by atoms with Crippen molar-refractivity contribution in [2.75, 3.05) is 27.4 Å². The molecule has 0 radical (unpaired) electrons. The molecule has 1 fully saturated rings. The molecule has 15 heteroatoms. The van der Waals surface area contributed by atoms with Crippen LogP contribution in [0.3, 0.4) is 0 Å². The fourth-order valence-corrected chi connectivity index (χ4v) is 10.2. The number of benzene rings is 3. The molecule has 0 spiro atoms. The Morgan fingerprint density at radius 3 is 1.88 bits per heavy atom. The molecule has 4 aromatic rings. The largest absolute Gasteiger partial charge is 0.497 e. The van der Waals surface area contributed by atoms with Crippen LogP contribution in [0.5, 0.6) is 11.5 Å². The van der Waals surface area contributed by atoms with E-state index in [2.05, 4.69) is 77.3 Å². The molecule has 1 aromatic heterocycles. The number of nitriles is 1. The Morgan fingerprint density at radius 2 is 1.40 bits per heavy atom. The summed E-state index contributed by atoms with van der Waals surface area (Å²) in [6.45, 7) is 19.1. The summed E-state index contributed by atoms with van der Waals surface area (Å²) in [5.74, 6) is 1.38. The zero-order valence-electron chi connectivity index (χ0n) is 36.7. The van der Waals surface area contributed by atoms with E-state index in [1.165, 1.54) is 16.8 Å². The predicted octanol–water partition coefficient (Wildman–Crippen LogP) is 8.51. The summed E-state index contributed by atoms with van der Waals surface area (Å²) < 4.78 is 49.9. The minimum absolute atomic E-state index is 0.00542. The first-order chi connectivity index (χ1) is 28.5. The van der Waals surface area contributed by atoms with Crippen LogP contribution in [0, 0.1) is 11.3 Å². The molecule has 1 aliphatic heterocycles. The van der Waals surface area contributed by atoms with Gasteiger partial charge in [-0.25, -0.2) is 9.46 Å². The van der Waals surface area contributed by atoms with Crippen molar-refractivity contribution >= 4 is 16.8 Å². The second-order valence-electron chi connectivity index (χ2n) is 16.9. The van der Waals surface area contributed by atoms with Crippen molar-refractivity contribution in [1.29, 1.82) is 5.26 Å². The summed E-state index contributed by atoms with van der Waals surface area (Å²) in [6.07, 6.45) is -2.03. The minimum atomic E-state index is -2.63. The van der Waals surface area contributed by atoms with Crippen LogP contribution in [0.1, 0.15) is 77.8 Å². The second-order valence-corrected chi connectivity index (χ2v) is 23.0. The Kier molecular flexibility index (Phi) is 15.7. The third-order valence-corrected chi connectivity index (χ3v) is 17.8. The number of nitrogens with one attached hydrogen (secondary N) is 1. The van der Waals surface area contributed by atoms with E-state index in [1.54, 1.807) is 14.2 Å². The topological polar surface area (TPSA) is 146 Å². The normalized spacial score (nSPS) is 19.1. The lowest BCUT2D eigenvalue weighted by Gasteiger charge is -2.42. The molecule has 13 nitrogen and oxygen atoms in total. The Morgan fingerprint density at radius 1 is 0.850 bits per heavy atom. The summed E-state index contributed by atoms with van der Waals surface area (Å²) in [7, 11) is -1.21. The van der Waals surface area contributed by atoms with E-state index in [1.807, 2.05) is 78.9 Å². The predicted molar refractivity (Wildman–Crippen MR) is 236 cm³/mol. The number of methoxy groups -OCH3 is 2. The van der Waals surface area contributed by atoms with Gasteiger partial charge >= 0.3 is 5.69 Å². The maximum Gasteiger partial charge on any atom is 0.330 e. The molecule has 0 bridgehead atoms. The molecular formula is C45H61N4O9PSi. The maximum atomic E-state index is 13.7. The van der Waals surface area contributed by atoms with Gasteiger partial charge < -0.3 is 32.4 Å². The monoisotopic (exact) mass is 860 g/mol. The number of rotatable bonds is 19. The van der Waals surface area contributed by atoms with Crippen molar-refractivity contribution in [3.8, 4) is 17.6 Å². The lowest BCUT2D eigenvalue weighted by Crippen LogP contribution is -2.51. The molecule has 5 atom stereocenters. The summed E-state index contributed by atoms with van der Waals surface area (Å²) >= 11 is 0. The van der Waals surface area contributed by atoms with Crippen molar-refractivity contribution in [3.63, 3.8) is 0 Å². The van der Waals surface area contributed by atoms with Crippen LogP contribution in [0.4, 0.5) is 0 Å². The average molecular weight is 861 g/mol. The van der Waals surface area contributed by atoms with Crippen molar-refractivity contribution in [2.45, 2.75) is 115 Å². The van der Waals surface area contributed by atoms with Crippen molar-refractivity contribution < 1.29 is 32.4 Å². The van der Waals surface area contributed by atoms with Gasteiger partial charge in [-0.2, -0.15) is 5.26 Å². The lowest BCUT2D eigenvalue weighted by molar-refractivity contribution is -0.0944. The number of hydrogen-bond donors (Lipinski definition) is 1. The number of ether oxygens (including phenoxy) is 4. The Balaban J connectivity index is 1.72. The highest BCUT2D eigenvalue weighted by Crippen LogP contribution is 2.52. The van der Waals surface area contributed by atoms with E-state index in [0.29, 0.717) is 11.5 Å². The fourth-order valence-electron chi connectivity index (χ4n) is 7.15. The number of aromatic nitrogens is 2. The quantitative estimate of drug-likeness (QED) is 0.0419. The zero-order chi connectivity index (χ0) is 43.8. The molecule has 1 aliphatic rings. The summed E-state index contributed by atoms with van der Waals surface area (Å²) in [4.78, 5) is 28.4. The molecule has 0 amide bonds. The molecular weight excluding hydrogens is 800 g/mol. The third-order valence-electron chi connectivity index (χ3n) is 11.2. The van der Waals surface area contributed by atoms with Gasteiger partial charge in [0.15, 0.2) is 14.5 Å². The molecule has 1 unspecified atom stereocenters. The van der Waals surface area contributed by atoms with Crippen LogP contribution in [-0.2, 0) is 28.5 Å². The summed E-state index contributed by atoms with van der Waals surface area (Å²) in [5.41, 5.74) is 0.135. The first-order valence-corrected chi connectivity index (χ1v) is 24.4. The number of H-pyrrole nitrogens is 1. The lowest BCUT2D eigenvalue weighted by atomic mass is 9.80. The minimum Gasteiger partial charge on any atom is -0.497 e. The van der Waals surface area contributed by atoms with Crippen molar-refractivity contribution in [1.82, 2.24) is 14.2 Å². The smallest absolute Gasteiger partial charge is 0.330 e. The highest BCUT2D eigenvalue weighted by molar-refractivity contribution is 7.44. The van der Waals surface area contributed by atoms with Crippen LogP contribution in [0.2, 0.25) is 18.1 Å². The second kappa shape index (κ2) is 20.1. The van der Waals surface area contributed by atoms with Gasteiger partial charge in [-0.15, -0.1) is 0 Å². The van der Waals surface area contributed by atoms with E-state index in [4.69, 9.17) is 32.4 Å². The molecule has 5 rings (SSSR count). The fraction of sp³-hybridized carbons (Fsp3) is 0.489. The van der Waals surface area contributed by atoms with Crippen molar-refractivity contribution in [2.24, 2.45) is 0 Å². The molecule has 1 saturated heterocycles. The van der Waals surface area contributed by atoms with Gasteiger partial charge in [0.05, 0.1) is 39.9 Å². The molecule has 1 N–H and O–H groups in total. The van der Waals surface area contributed by atoms with Gasteiger partial charge in [-0.1, -0.05) is 75.4 Å². The molecule has 2 heterocycles. The van der Waals surface area contributed by atoms with Gasteiger partial charge in [0, 0.05) is 24.3 Å². The van der Waals surface area contributed by atoms with Crippen LogP contribution < -0.4 is 20.7 Å². The van der Waals surface area contributed by atoms with E-state index in [0.717, 1.165) is 16.7 Å². The standard InChI is InChI=1S/C45H61N4O9PSi/c1-31(2)49(32(3)4)59(55-29-15-27-46)57-41-40(58-60(10,11)44(5,6)7)38(56-42(41)48-28-26-39(50)47-43(48)51)30-54-45(33-16-13-12-14-17-33,34-18-22-36(52-8)23-19-34)35-20-24-37(53-9)25-21-35/h12-14,16-26,28,31-32,38,40-42H,15,29-30H2,1-11H3,(H,47,50,51)/t38-,40-,41-,42-,59?/m1/s1. The zero-order valence-corrected chi connectivity index (χ0v) is 38.6. The Bertz CT molecular complexity index is 2080. The molecule has 0 saturated carbocycles. The highest BCUT2D eigenvalue weighted by Gasteiger charge is 2.54. The summed E-state index contributed by atoms with van der Waals surface area (Å²) in [5, 5.41) is 9.23.